The number of ether oxygens (including phenoxy) is 1. The van der Waals surface area contributed by atoms with Crippen molar-refractivity contribution in [2.45, 2.75) is 4.90 Å². The van der Waals surface area contributed by atoms with E-state index in [4.69, 9.17) is 16.3 Å². The van der Waals surface area contributed by atoms with Crippen LogP contribution in [0, 0.1) is 17.6 Å². The highest BCUT2D eigenvalue weighted by molar-refractivity contribution is 7.92. The first-order valence-electron chi connectivity index (χ1n) is 10.3. The Bertz CT molecular complexity index is 1730. The standard InChI is InChI=1S/C24H14ClF3N4O3S/c25-14-7-8-19(15(11-14)18-3-1-6-24-29-9-10-32(18)24)35-20-12-17(27)21(13-16(20)26)36(33,34)31-23-5-2-4-22(28)30-23/h1-13H,(H,30,31). The molecule has 0 atom stereocenters. The van der Waals surface area contributed by atoms with Crippen molar-refractivity contribution in [2.75, 3.05) is 4.72 Å². The third-order valence-corrected chi connectivity index (χ3v) is 6.70. The van der Waals surface area contributed by atoms with Crippen LogP contribution in [0.3, 0.4) is 0 Å². The zero-order valence-electron chi connectivity index (χ0n) is 18.0. The molecule has 2 aromatic carbocycles. The average molecular weight is 531 g/mol. The molecule has 0 spiro atoms. The molecule has 0 aliphatic carbocycles. The topological polar surface area (TPSA) is 85.6 Å². The summed E-state index contributed by atoms with van der Waals surface area (Å²) in [5, 5.41) is 0.375. The number of rotatable bonds is 6. The number of sulfonamides is 1. The van der Waals surface area contributed by atoms with Crippen molar-refractivity contribution in [3.63, 3.8) is 0 Å². The number of fused-ring (bicyclic) bond motifs is 1. The maximum atomic E-state index is 15.0. The molecule has 0 bridgehead atoms. The highest BCUT2D eigenvalue weighted by atomic mass is 35.5. The van der Waals surface area contributed by atoms with Crippen molar-refractivity contribution in [1.82, 2.24) is 14.4 Å². The van der Waals surface area contributed by atoms with Crippen LogP contribution in [0.1, 0.15) is 0 Å². The molecule has 1 N–H and O–H groups in total. The number of hydrogen-bond donors (Lipinski definition) is 1. The molecule has 0 aliphatic heterocycles. The van der Waals surface area contributed by atoms with Crippen LogP contribution in [0.25, 0.3) is 16.9 Å². The van der Waals surface area contributed by atoms with Crippen LogP contribution in [-0.2, 0) is 10.0 Å². The molecule has 7 nitrogen and oxygen atoms in total. The molecule has 0 fully saturated rings. The summed E-state index contributed by atoms with van der Waals surface area (Å²) >= 11 is 6.18. The fourth-order valence-electron chi connectivity index (χ4n) is 3.53. The molecule has 0 unspecified atom stereocenters. The van der Waals surface area contributed by atoms with E-state index in [0.29, 0.717) is 34.1 Å². The van der Waals surface area contributed by atoms with Crippen LogP contribution in [-0.4, -0.2) is 22.8 Å². The Balaban J connectivity index is 1.52. The van der Waals surface area contributed by atoms with Gasteiger partial charge in [-0.25, -0.2) is 27.2 Å². The number of aromatic nitrogens is 3. The molecular formula is C24H14ClF3N4O3S. The predicted molar refractivity (Wildman–Crippen MR) is 127 cm³/mol. The van der Waals surface area contributed by atoms with E-state index >= 15 is 0 Å². The molecule has 0 saturated heterocycles. The van der Waals surface area contributed by atoms with Gasteiger partial charge < -0.3 is 4.74 Å². The molecule has 3 heterocycles. The third-order valence-electron chi connectivity index (χ3n) is 5.10. The third kappa shape index (κ3) is 4.58. The first kappa shape index (κ1) is 23.6. The van der Waals surface area contributed by atoms with Gasteiger partial charge in [-0.2, -0.15) is 4.39 Å². The summed E-state index contributed by atoms with van der Waals surface area (Å²) < 4.78 is 77.6. The number of imidazole rings is 1. The number of nitrogens with zero attached hydrogens (tertiary/aromatic N) is 3. The highest BCUT2D eigenvalue weighted by Crippen LogP contribution is 2.37. The fourth-order valence-corrected chi connectivity index (χ4v) is 4.77. The van der Waals surface area contributed by atoms with Crippen LogP contribution < -0.4 is 9.46 Å². The SMILES string of the molecule is O=S(=O)(Nc1cccc(F)n1)c1cc(F)c(Oc2ccc(Cl)cc2-c2cccc3nccn23)cc1F. The Kier molecular flexibility index (Phi) is 6.02. The van der Waals surface area contributed by atoms with Crippen molar-refractivity contribution in [3.05, 3.63) is 102 Å². The van der Waals surface area contributed by atoms with Gasteiger partial charge >= 0.3 is 0 Å². The minimum absolute atomic E-state index is 0.136. The molecule has 0 aliphatic rings. The van der Waals surface area contributed by atoms with Crippen molar-refractivity contribution in [2.24, 2.45) is 0 Å². The Hall–Kier alpha value is -4.09. The van der Waals surface area contributed by atoms with Gasteiger partial charge in [0.05, 0.1) is 5.69 Å². The first-order chi connectivity index (χ1) is 17.2. The van der Waals surface area contributed by atoms with E-state index in [1.165, 1.54) is 18.2 Å². The molecule has 5 rings (SSSR count). The number of anilines is 1. The van der Waals surface area contributed by atoms with Crippen LogP contribution >= 0.6 is 11.6 Å². The second-order valence-corrected chi connectivity index (χ2v) is 9.56. The summed E-state index contributed by atoms with van der Waals surface area (Å²) in [5.41, 5.74) is 1.72. The summed E-state index contributed by atoms with van der Waals surface area (Å²) in [6.07, 6.45) is 3.32. The van der Waals surface area contributed by atoms with Crippen LogP contribution in [0.4, 0.5) is 19.0 Å². The van der Waals surface area contributed by atoms with E-state index in [1.54, 1.807) is 41.1 Å². The lowest BCUT2D eigenvalue weighted by molar-refractivity contribution is 0.433. The summed E-state index contributed by atoms with van der Waals surface area (Å²) in [5.74, 6) is -4.20. The maximum Gasteiger partial charge on any atom is 0.266 e. The lowest BCUT2D eigenvalue weighted by atomic mass is 10.1. The first-order valence-corrected chi connectivity index (χ1v) is 12.1. The van der Waals surface area contributed by atoms with E-state index in [-0.39, 0.29) is 5.75 Å². The Labute approximate surface area is 207 Å². The van der Waals surface area contributed by atoms with Gasteiger partial charge in [-0.3, -0.25) is 9.12 Å². The Morgan fingerprint density at radius 3 is 2.53 bits per heavy atom. The van der Waals surface area contributed by atoms with E-state index in [1.807, 2.05) is 4.72 Å². The number of halogens is 4. The maximum absolute atomic E-state index is 15.0. The van der Waals surface area contributed by atoms with Crippen LogP contribution in [0.15, 0.2) is 84.0 Å². The zero-order chi connectivity index (χ0) is 25.4. The molecule has 0 saturated carbocycles. The number of benzene rings is 2. The van der Waals surface area contributed by atoms with Gasteiger partial charge in [-0.05, 0) is 42.5 Å². The molecular weight excluding hydrogens is 517 g/mol. The normalized spacial score (nSPS) is 11.6. The van der Waals surface area contributed by atoms with E-state index in [0.717, 1.165) is 12.1 Å². The lowest BCUT2D eigenvalue weighted by Crippen LogP contribution is -2.16. The molecule has 12 heteroatoms. The number of pyridine rings is 2. The number of nitrogens with one attached hydrogen (secondary N) is 1. The molecule has 3 aromatic heterocycles. The summed E-state index contributed by atoms with van der Waals surface area (Å²) in [6.45, 7) is 0. The van der Waals surface area contributed by atoms with Gasteiger partial charge in [0.1, 0.15) is 27.9 Å². The monoisotopic (exact) mass is 530 g/mol. The minimum atomic E-state index is -4.63. The Morgan fingerprint density at radius 2 is 1.72 bits per heavy atom. The highest BCUT2D eigenvalue weighted by Gasteiger charge is 2.24. The van der Waals surface area contributed by atoms with E-state index < -0.39 is 44.1 Å². The van der Waals surface area contributed by atoms with Crippen LogP contribution in [0.2, 0.25) is 5.02 Å². The second kappa shape index (κ2) is 9.17. The summed E-state index contributed by atoms with van der Waals surface area (Å²) in [6, 6.07) is 14.4. The fraction of sp³-hybridized carbons (Fsp3) is 0. The van der Waals surface area contributed by atoms with Crippen LogP contribution in [0.5, 0.6) is 11.5 Å². The van der Waals surface area contributed by atoms with E-state index in [2.05, 4.69) is 9.97 Å². The zero-order valence-corrected chi connectivity index (χ0v) is 19.6. The van der Waals surface area contributed by atoms with Gasteiger partial charge in [-0.15, -0.1) is 0 Å². The van der Waals surface area contributed by atoms with Crippen molar-refractivity contribution < 1.29 is 26.3 Å². The van der Waals surface area contributed by atoms with Gasteiger partial charge in [0.15, 0.2) is 11.6 Å². The quantitative estimate of drug-likeness (QED) is 0.270. The van der Waals surface area contributed by atoms with Crippen molar-refractivity contribution in [1.29, 1.82) is 0 Å². The molecule has 182 valence electrons. The molecule has 0 amide bonds. The van der Waals surface area contributed by atoms with Crippen molar-refractivity contribution >= 4 is 33.1 Å². The van der Waals surface area contributed by atoms with Crippen molar-refractivity contribution in [3.8, 4) is 22.8 Å². The Morgan fingerprint density at radius 1 is 0.917 bits per heavy atom. The van der Waals surface area contributed by atoms with Gasteiger partial charge in [0.25, 0.3) is 10.0 Å². The molecule has 5 aromatic rings. The summed E-state index contributed by atoms with van der Waals surface area (Å²) in [7, 11) is -4.63. The lowest BCUT2D eigenvalue weighted by Gasteiger charge is -2.15. The van der Waals surface area contributed by atoms with Gasteiger partial charge in [0.2, 0.25) is 5.95 Å². The predicted octanol–water partition coefficient (Wildman–Crippen LogP) is 6.06. The molecule has 0 radical (unpaired) electrons. The smallest absolute Gasteiger partial charge is 0.266 e. The van der Waals surface area contributed by atoms with E-state index in [9.17, 15) is 21.6 Å². The average Bonchev–Trinajstić information content (AvgIpc) is 3.31. The molecule has 36 heavy (non-hydrogen) atoms. The number of hydrogen-bond acceptors (Lipinski definition) is 5. The van der Waals surface area contributed by atoms with Gasteiger partial charge in [-0.1, -0.05) is 23.7 Å². The largest absolute Gasteiger partial charge is 0.453 e. The summed E-state index contributed by atoms with van der Waals surface area (Å²) in [4.78, 5) is 6.58. The minimum Gasteiger partial charge on any atom is -0.453 e. The second-order valence-electron chi connectivity index (χ2n) is 7.47. The van der Waals surface area contributed by atoms with Gasteiger partial charge in [0, 0.05) is 35.1 Å².